The Morgan fingerprint density at radius 1 is 1.15 bits per heavy atom. The SMILES string of the molecule is CCNCc1cc(-c2cc(C)ccc2F)ccc1OC. The van der Waals surface area contributed by atoms with Gasteiger partial charge >= 0.3 is 0 Å². The van der Waals surface area contributed by atoms with Gasteiger partial charge in [-0.3, -0.25) is 0 Å². The van der Waals surface area contributed by atoms with Crippen LogP contribution in [0.3, 0.4) is 0 Å². The van der Waals surface area contributed by atoms with Crippen molar-refractivity contribution < 1.29 is 9.13 Å². The summed E-state index contributed by atoms with van der Waals surface area (Å²) in [6, 6.07) is 10.9. The van der Waals surface area contributed by atoms with Crippen LogP contribution in [-0.4, -0.2) is 13.7 Å². The molecule has 0 aromatic heterocycles. The largest absolute Gasteiger partial charge is 0.496 e. The van der Waals surface area contributed by atoms with Crippen molar-refractivity contribution in [2.24, 2.45) is 0 Å². The monoisotopic (exact) mass is 273 g/mol. The van der Waals surface area contributed by atoms with E-state index >= 15 is 0 Å². The number of rotatable bonds is 5. The third-order valence-electron chi connectivity index (χ3n) is 3.28. The predicted molar refractivity (Wildman–Crippen MR) is 80.5 cm³/mol. The van der Waals surface area contributed by atoms with Gasteiger partial charge in [-0.1, -0.05) is 24.6 Å². The van der Waals surface area contributed by atoms with Crippen molar-refractivity contribution in [3.63, 3.8) is 0 Å². The number of ether oxygens (including phenoxy) is 1. The molecule has 20 heavy (non-hydrogen) atoms. The third-order valence-corrected chi connectivity index (χ3v) is 3.28. The summed E-state index contributed by atoms with van der Waals surface area (Å²) >= 11 is 0. The Balaban J connectivity index is 2.44. The van der Waals surface area contributed by atoms with Crippen LogP contribution in [0.5, 0.6) is 5.75 Å². The maximum Gasteiger partial charge on any atom is 0.131 e. The van der Waals surface area contributed by atoms with Gasteiger partial charge in [0.25, 0.3) is 0 Å². The highest BCUT2D eigenvalue weighted by molar-refractivity contribution is 5.67. The summed E-state index contributed by atoms with van der Waals surface area (Å²) in [5, 5.41) is 3.27. The Kier molecular flexibility index (Phi) is 4.74. The van der Waals surface area contributed by atoms with Crippen molar-refractivity contribution in [2.45, 2.75) is 20.4 Å². The molecule has 106 valence electrons. The van der Waals surface area contributed by atoms with Gasteiger partial charge in [0.05, 0.1) is 7.11 Å². The smallest absolute Gasteiger partial charge is 0.131 e. The fraction of sp³-hybridized carbons (Fsp3) is 0.294. The van der Waals surface area contributed by atoms with Crippen LogP contribution in [0.15, 0.2) is 36.4 Å². The molecule has 0 saturated carbocycles. The molecule has 0 atom stereocenters. The molecule has 0 bridgehead atoms. The van der Waals surface area contributed by atoms with Gasteiger partial charge in [0.15, 0.2) is 0 Å². The molecule has 2 aromatic rings. The van der Waals surface area contributed by atoms with Gasteiger partial charge in [-0.25, -0.2) is 4.39 Å². The second-order valence-corrected chi connectivity index (χ2v) is 4.79. The summed E-state index contributed by atoms with van der Waals surface area (Å²) < 4.78 is 19.3. The molecule has 2 aromatic carbocycles. The summed E-state index contributed by atoms with van der Waals surface area (Å²) in [6.07, 6.45) is 0. The maximum atomic E-state index is 14.0. The molecule has 0 unspecified atom stereocenters. The number of methoxy groups -OCH3 is 1. The normalized spacial score (nSPS) is 10.6. The van der Waals surface area contributed by atoms with Crippen LogP contribution in [0.1, 0.15) is 18.1 Å². The Morgan fingerprint density at radius 3 is 2.65 bits per heavy atom. The van der Waals surface area contributed by atoms with Gasteiger partial charge in [-0.15, -0.1) is 0 Å². The first kappa shape index (κ1) is 14.5. The van der Waals surface area contributed by atoms with Crippen molar-refractivity contribution in [2.75, 3.05) is 13.7 Å². The van der Waals surface area contributed by atoms with Crippen LogP contribution in [0, 0.1) is 12.7 Å². The van der Waals surface area contributed by atoms with Gasteiger partial charge in [0, 0.05) is 17.7 Å². The minimum Gasteiger partial charge on any atom is -0.496 e. The highest BCUT2D eigenvalue weighted by Gasteiger charge is 2.09. The number of halogens is 1. The summed E-state index contributed by atoms with van der Waals surface area (Å²) in [7, 11) is 1.65. The van der Waals surface area contributed by atoms with Crippen molar-refractivity contribution in [3.8, 4) is 16.9 Å². The van der Waals surface area contributed by atoms with E-state index in [4.69, 9.17) is 4.74 Å². The predicted octanol–water partition coefficient (Wildman–Crippen LogP) is 3.92. The molecule has 0 radical (unpaired) electrons. The van der Waals surface area contributed by atoms with Crippen molar-refractivity contribution in [1.29, 1.82) is 0 Å². The molecule has 3 heteroatoms. The molecule has 0 spiro atoms. The van der Waals surface area contributed by atoms with E-state index in [-0.39, 0.29) is 5.82 Å². The first-order chi connectivity index (χ1) is 9.65. The van der Waals surface area contributed by atoms with Crippen molar-refractivity contribution >= 4 is 0 Å². The van der Waals surface area contributed by atoms with Crippen molar-refractivity contribution in [3.05, 3.63) is 53.3 Å². The van der Waals surface area contributed by atoms with Crippen LogP contribution in [0.4, 0.5) is 4.39 Å². The van der Waals surface area contributed by atoms with Gasteiger partial charge in [-0.2, -0.15) is 0 Å². The van der Waals surface area contributed by atoms with Gasteiger partial charge < -0.3 is 10.1 Å². The summed E-state index contributed by atoms with van der Waals surface area (Å²) in [6.45, 7) is 5.61. The second-order valence-electron chi connectivity index (χ2n) is 4.79. The molecular weight excluding hydrogens is 253 g/mol. The van der Waals surface area contributed by atoms with Crippen LogP contribution >= 0.6 is 0 Å². The Hall–Kier alpha value is -1.87. The standard InChI is InChI=1S/C17H20FNO/c1-4-19-11-14-10-13(6-8-17(14)20-3)15-9-12(2)5-7-16(15)18/h5-10,19H,4,11H2,1-3H3. The average Bonchev–Trinajstić information content (AvgIpc) is 2.47. The fourth-order valence-electron chi connectivity index (χ4n) is 2.20. The summed E-state index contributed by atoms with van der Waals surface area (Å²) in [5.74, 6) is 0.623. The minimum absolute atomic E-state index is 0.199. The molecular formula is C17H20FNO. The second kappa shape index (κ2) is 6.53. The van der Waals surface area contributed by atoms with Crippen LogP contribution in [-0.2, 0) is 6.54 Å². The molecule has 0 heterocycles. The zero-order valence-corrected chi connectivity index (χ0v) is 12.2. The van der Waals surface area contributed by atoms with Crippen LogP contribution in [0.2, 0.25) is 0 Å². The van der Waals surface area contributed by atoms with Gasteiger partial charge in [-0.05, 0) is 43.3 Å². The number of hydrogen-bond donors (Lipinski definition) is 1. The van der Waals surface area contributed by atoms with Crippen LogP contribution < -0.4 is 10.1 Å². The van der Waals surface area contributed by atoms with Crippen molar-refractivity contribution in [1.82, 2.24) is 5.32 Å². The van der Waals surface area contributed by atoms with E-state index in [1.807, 2.05) is 31.2 Å². The number of nitrogens with one attached hydrogen (secondary N) is 1. The van der Waals surface area contributed by atoms with E-state index < -0.39 is 0 Å². The van der Waals surface area contributed by atoms with Gasteiger partial charge in [0.1, 0.15) is 11.6 Å². The lowest BCUT2D eigenvalue weighted by molar-refractivity contribution is 0.408. The maximum absolute atomic E-state index is 14.0. The van der Waals surface area contributed by atoms with Crippen LogP contribution in [0.25, 0.3) is 11.1 Å². The molecule has 0 aliphatic carbocycles. The zero-order valence-electron chi connectivity index (χ0n) is 12.2. The van der Waals surface area contributed by atoms with E-state index in [1.165, 1.54) is 6.07 Å². The van der Waals surface area contributed by atoms with E-state index in [0.29, 0.717) is 12.1 Å². The molecule has 0 saturated heterocycles. The molecule has 1 N–H and O–H groups in total. The first-order valence-electron chi connectivity index (χ1n) is 6.80. The van der Waals surface area contributed by atoms with E-state index in [9.17, 15) is 4.39 Å². The van der Waals surface area contributed by atoms with E-state index in [1.54, 1.807) is 13.2 Å². The molecule has 0 amide bonds. The molecule has 2 nitrogen and oxygen atoms in total. The molecule has 0 aliphatic rings. The Labute approximate surface area is 119 Å². The number of hydrogen-bond acceptors (Lipinski definition) is 2. The highest BCUT2D eigenvalue weighted by Crippen LogP contribution is 2.29. The third kappa shape index (κ3) is 3.17. The summed E-state index contributed by atoms with van der Waals surface area (Å²) in [5.41, 5.74) is 3.59. The molecule has 2 rings (SSSR count). The highest BCUT2D eigenvalue weighted by atomic mass is 19.1. The average molecular weight is 273 g/mol. The first-order valence-corrected chi connectivity index (χ1v) is 6.80. The molecule has 0 fully saturated rings. The topological polar surface area (TPSA) is 21.3 Å². The summed E-state index contributed by atoms with van der Waals surface area (Å²) in [4.78, 5) is 0. The minimum atomic E-state index is -0.199. The van der Waals surface area contributed by atoms with E-state index in [0.717, 1.165) is 29.0 Å². The fourth-order valence-corrected chi connectivity index (χ4v) is 2.20. The Bertz CT molecular complexity index is 596. The van der Waals surface area contributed by atoms with E-state index in [2.05, 4.69) is 12.2 Å². The quantitative estimate of drug-likeness (QED) is 0.891. The van der Waals surface area contributed by atoms with Gasteiger partial charge in [0.2, 0.25) is 0 Å². The lowest BCUT2D eigenvalue weighted by Gasteiger charge is -2.12. The zero-order chi connectivity index (χ0) is 14.5. The number of benzene rings is 2. The lowest BCUT2D eigenvalue weighted by Crippen LogP contribution is -2.12. The Morgan fingerprint density at radius 2 is 1.95 bits per heavy atom. The number of aryl methyl sites for hydroxylation is 1. The molecule has 0 aliphatic heterocycles. The lowest BCUT2D eigenvalue weighted by atomic mass is 10.00.